The second kappa shape index (κ2) is 7.68. The van der Waals surface area contributed by atoms with Gasteiger partial charge in [0.2, 0.25) is 12.7 Å². The minimum Gasteiger partial charge on any atom is -0.454 e. The highest BCUT2D eigenvalue weighted by atomic mass is 16.7. The number of anilines is 2. The maximum Gasteiger partial charge on any atom is 0.275 e. The van der Waals surface area contributed by atoms with E-state index in [2.05, 4.69) is 15.3 Å². The van der Waals surface area contributed by atoms with Gasteiger partial charge in [-0.05, 0) is 18.2 Å². The summed E-state index contributed by atoms with van der Waals surface area (Å²) in [5, 5.41) is 8.63. The predicted molar refractivity (Wildman–Crippen MR) is 110 cm³/mol. The zero-order valence-electron chi connectivity index (χ0n) is 16.2. The van der Waals surface area contributed by atoms with E-state index < -0.39 is 0 Å². The van der Waals surface area contributed by atoms with Crippen molar-refractivity contribution in [2.45, 2.75) is 6.54 Å². The van der Waals surface area contributed by atoms with Gasteiger partial charge in [-0.2, -0.15) is 5.10 Å². The molecule has 2 aliphatic rings. The highest BCUT2D eigenvalue weighted by Crippen LogP contribution is 2.34. The lowest BCUT2D eigenvalue weighted by atomic mass is 10.1. The number of hydrogen-bond donors (Lipinski definition) is 1. The Balaban J connectivity index is 1.44. The molecule has 1 fully saturated rings. The normalized spacial score (nSPS) is 15.4. The molecule has 0 saturated carbocycles. The Labute approximate surface area is 171 Å². The third kappa shape index (κ3) is 3.43. The Morgan fingerprint density at radius 2 is 1.80 bits per heavy atom. The summed E-state index contributed by atoms with van der Waals surface area (Å²) in [6.45, 7) is 2.51. The molecule has 0 atom stereocenters. The monoisotopic (exact) mass is 408 g/mol. The van der Waals surface area contributed by atoms with Gasteiger partial charge in [0.25, 0.3) is 5.56 Å². The Morgan fingerprint density at radius 1 is 1.03 bits per heavy atom. The Hall–Kier alpha value is -3.59. The van der Waals surface area contributed by atoms with Gasteiger partial charge in [0.1, 0.15) is 6.54 Å². The lowest BCUT2D eigenvalue weighted by Crippen LogP contribution is -2.39. The van der Waals surface area contributed by atoms with Crippen molar-refractivity contribution < 1.29 is 19.0 Å². The number of hydrogen-bond acceptors (Lipinski definition) is 7. The number of morpholine rings is 1. The van der Waals surface area contributed by atoms with Crippen molar-refractivity contribution in [2.75, 3.05) is 43.3 Å². The van der Waals surface area contributed by atoms with Gasteiger partial charge in [0, 0.05) is 30.2 Å². The number of ether oxygens (including phenoxy) is 3. The number of fused-ring (bicyclic) bond motifs is 2. The molecule has 30 heavy (non-hydrogen) atoms. The maximum atomic E-state index is 12.9. The highest BCUT2D eigenvalue weighted by molar-refractivity contribution is 5.93. The first-order chi connectivity index (χ1) is 14.7. The van der Waals surface area contributed by atoms with Crippen molar-refractivity contribution >= 4 is 28.2 Å². The average Bonchev–Trinajstić information content (AvgIpc) is 3.24. The number of carbonyl (C=O) groups is 1. The fraction of sp³-hybridized carbons (Fsp3) is 0.286. The Morgan fingerprint density at radius 3 is 2.63 bits per heavy atom. The first-order valence-corrected chi connectivity index (χ1v) is 9.71. The van der Waals surface area contributed by atoms with E-state index in [0.29, 0.717) is 54.7 Å². The minimum atomic E-state index is -0.355. The third-order valence-electron chi connectivity index (χ3n) is 5.11. The molecule has 3 heterocycles. The van der Waals surface area contributed by atoms with Gasteiger partial charge in [-0.15, -0.1) is 0 Å². The topological polar surface area (TPSA) is 94.9 Å². The summed E-state index contributed by atoms with van der Waals surface area (Å²) in [6.07, 6.45) is 0. The van der Waals surface area contributed by atoms with Crippen molar-refractivity contribution in [1.29, 1.82) is 0 Å². The highest BCUT2D eigenvalue weighted by Gasteiger charge is 2.20. The lowest BCUT2D eigenvalue weighted by molar-refractivity contribution is -0.117. The molecule has 0 spiro atoms. The van der Waals surface area contributed by atoms with Crippen LogP contribution in [-0.4, -0.2) is 48.8 Å². The Bertz CT molecular complexity index is 1170. The number of rotatable bonds is 4. The van der Waals surface area contributed by atoms with Gasteiger partial charge in [-0.25, -0.2) is 4.68 Å². The molecule has 0 bridgehead atoms. The zero-order valence-corrected chi connectivity index (χ0v) is 16.2. The molecule has 9 nitrogen and oxygen atoms in total. The van der Waals surface area contributed by atoms with E-state index >= 15 is 0 Å². The number of aromatic nitrogens is 2. The van der Waals surface area contributed by atoms with Gasteiger partial charge in [-0.3, -0.25) is 9.59 Å². The molecule has 1 saturated heterocycles. The smallest absolute Gasteiger partial charge is 0.275 e. The van der Waals surface area contributed by atoms with Gasteiger partial charge in [0.05, 0.1) is 18.6 Å². The predicted octanol–water partition coefficient (Wildman–Crippen LogP) is 1.60. The average molecular weight is 408 g/mol. The van der Waals surface area contributed by atoms with Crippen LogP contribution in [0.2, 0.25) is 0 Å². The SMILES string of the molecule is O=C(Cn1nc(N2CCOCC2)c2ccccc2c1=O)Nc1ccc2c(c1)OCO2. The van der Waals surface area contributed by atoms with E-state index in [0.717, 1.165) is 5.39 Å². The van der Waals surface area contributed by atoms with E-state index in [4.69, 9.17) is 14.2 Å². The summed E-state index contributed by atoms with van der Waals surface area (Å²) in [4.78, 5) is 27.7. The third-order valence-corrected chi connectivity index (χ3v) is 5.11. The quantitative estimate of drug-likeness (QED) is 0.701. The van der Waals surface area contributed by atoms with Crippen LogP contribution in [0.25, 0.3) is 10.8 Å². The summed E-state index contributed by atoms with van der Waals surface area (Å²) in [5.41, 5.74) is 0.259. The molecule has 2 aliphatic heterocycles. The maximum absolute atomic E-state index is 12.9. The van der Waals surface area contributed by atoms with E-state index in [9.17, 15) is 9.59 Å². The summed E-state index contributed by atoms with van der Waals surface area (Å²) in [7, 11) is 0. The fourth-order valence-corrected chi connectivity index (χ4v) is 3.64. The lowest BCUT2D eigenvalue weighted by Gasteiger charge is -2.29. The van der Waals surface area contributed by atoms with E-state index in [1.165, 1.54) is 4.68 Å². The van der Waals surface area contributed by atoms with Crippen LogP contribution in [-0.2, 0) is 16.1 Å². The molecule has 1 N–H and O–H groups in total. The van der Waals surface area contributed by atoms with Crippen LogP contribution in [0.5, 0.6) is 11.5 Å². The first-order valence-electron chi connectivity index (χ1n) is 9.71. The molecule has 154 valence electrons. The van der Waals surface area contributed by atoms with Crippen LogP contribution in [0, 0.1) is 0 Å². The molecule has 0 aliphatic carbocycles. The molecule has 1 amide bonds. The number of carbonyl (C=O) groups excluding carboxylic acids is 1. The van der Waals surface area contributed by atoms with Crippen molar-refractivity contribution in [3.63, 3.8) is 0 Å². The largest absolute Gasteiger partial charge is 0.454 e. The second-order valence-electron chi connectivity index (χ2n) is 7.05. The summed E-state index contributed by atoms with van der Waals surface area (Å²) in [5.74, 6) is 1.54. The molecule has 5 rings (SSSR count). The van der Waals surface area contributed by atoms with Gasteiger partial charge in [-0.1, -0.05) is 18.2 Å². The van der Waals surface area contributed by atoms with Crippen molar-refractivity contribution in [3.05, 3.63) is 52.8 Å². The summed E-state index contributed by atoms with van der Waals surface area (Å²) >= 11 is 0. The van der Waals surface area contributed by atoms with E-state index in [1.807, 2.05) is 18.2 Å². The van der Waals surface area contributed by atoms with Gasteiger partial charge in [0.15, 0.2) is 17.3 Å². The molecular weight excluding hydrogens is 388 g/mol. The number of nitrogens with one attached hydrogen (secondary N) is 1. The molecular formula is C21H20N4O5. The molecule has 1 aromatic heterocycles. The van der Waals surface area contributed by atoms with Crippen molar-refractivity contribution in [3.8, 4) is 11.5 Å². The van der Waals surface area contributed by atoms with Crippen LogP contribution < -0.4 is 25.2 Å². The Kier molecular flexibility index (Phi) is 4.72. The number of amides is 1. The van der Waals surface area contributed by atoms with Gasteiger partial charge < -0.3 is 24.4 Å². The van der Waals surface area contributed by atoms with Gasteiger partial charge >= 0.3 is 0 Å². The van der Waals surface area contributed by atoms with Crippen molar-refractivity contribution in [1.82, 2.24) is 9.78 Å². The molecule has 2 aromatic carbocycles. The minimum absolute atomic E-state index is 0.160. The second-order valence-corrected chi connectivity index (χ2v) is 7.05. The summed E-state index contributed by atoms with van der Waals surface area (Å²) in [6, 6.07) is 12.5. The number of benzene rings is 2. The summed E-state index contributed by atoms with van der Waals surface area (Å²) < 4.78 is 17.3. The van der Waals surface area contributed by atoms with Crippen LogP contribution in [0.4, 0.5) is 11.5 Å². The van der Waals surface area contributed by atoms with Crippen molar-refractivity contribution in [2.24, 2.45) is 0 Å². The van der Waals surface area contributed by atoms with Crippen LogP contribution in [0.3, 0.4) is 0 Å². The first kappa shape index (κ1) is 18.4. The molecule has 0 radical (unpaired) electrons. The van der Waals surface area contributed by atoms with E-state index in [-0.39, 0.29) is 24.8 Å². The molecule has 0 unspecified atom stereocenters. The standard InChI is InChI=1S/C21H20N4O5/c26-19(22-14-5-6-17-18(11-14)30-13-29-17)12-25-21(27)16-4-2-1-3-15(16)20(23-25)24-7-9-28-10-8-24/h1-6,11H,7-10,12-13H2,(H,22,26). The van der Waals surface area contributed by atoms with Crippen LogP contribution in [0.15, 0.2) is 47.3 Å². The fourth-order valence-electron chi connectivity index (χ4n) is 3.64. The van der Waals surface area contributed by atoms with Crippen LogP contribution in [0.1, 0.15) is 0 Å². The van der Waals surface area contributed by atoms with E-state index in [1.54, 1.807) is 24.3 Å². The van der Waals surface area contributed by atoms with Crippen LogP contribution >= 0.6 is 0 Å². The molecule has 3 aromatic rings. The zero-order chi connectivity index (χ0) is 20.5. The molecule has 9 heteroatoms. The number of nitrogens with zero attached hydrogens (tertiary/aromatic N) is 3.